The van der Waals surface area contributed by atoms with Gasteiger partial charge in [0, 0.05) is 6.42 Å². The number of Topliss-reactive ketones (excluding diaryl/α,β-unsaturated/α-hetero) is 1. The highest BCUT2D eigenvalue weighted by atomic mass is 16.6. The van der Waals surface area contributed by atoms with Crippen LogP contribution >= 0.6 is 0 Å². The molecule has 1 fully saturated rings. The molecule has 0 aliphatic carbocycles. The van der Waals surface area contributed by atoms with E-state index in [2.05, 4.69) is 4.74 Å². The Morgan fingerprint density at radius 1 is 1.56 bits per heavy atom. The average molecular weight is 132 g/mol. The molecule has 1 aliphatic rings. The van der Waals surface area contributed by atoms with E-state index in [1.54, 1.807) is 0 Å². The van der Waals surface area contributed by atoms with E-state index < -0.39 is 18.2 Å². The van der Waals surface area contributed by atoms with Gasteiger partial charge in [-0.3, -0.25) is 4.79 Å². The number of ether oxygens (including phenoxy) is 1. The van der Waals surface area contributed by atoms with Crippen molar-refractivity contribution in [2.45, 2.75) is 18.8 Å². The van der Waals surface area contributed by atoms with Crippen LogP contribution in [0.5, 0.6) is 0 Å². The van der Waals surface area contributed by atoms with Crippen molar-refractivity contribution in [3.63, 3.8) is 0 Å². The lowest BCUT2D eigenvalue weighted by atomic mass is 10.1. The number of ketones is 1. The van der Waals surface area contributed by atoms with E-state index in [0.717, 1.165) is 0 Å². The second kappa shape index (κ2) is 2.43. The first-order chi connectivity index (χ1) is 4.20. The molecule has 2 unspecified atom stereocenters. The summed E-state index contributed by atoms with van der Waals surface area (Å²) >= 11 is 0. The van der Waals surface area contributed by atoms with E-state index in [-0.39, 0.29) is 13.0 Å². The summed E-state index contributed by atoms with van der Waals surface area (Å²) in [7, 11) is 0. The Balaban J connectivity index is 2.44. The molecule has 0 aromatic heterocycles. The van der Waals surface area contributed by atoms with Gasteiger partial charge in [-0.2, -0.15) is 0 Å². The Bertz CT molecular complexity index is 122. The van der Waals surface area contributed by atoms with Gasteiger partial charge in [-0.05, 0) is 0 Å². The lowest BCUT2D eigenvalue weighted by molar-refractivity contribution is -0.176. The van der Waals surface area contributed by atoms with Crippen molar-refractivity contribution in [1.29, 1.82) is 0 Å². The molecule has 0 radical (unpaired) electrons. The predicted molar refractivity (Wildman–Crippen MR) is 27.6 cm³/mol. The minimum Gasteiger partial charge on any atom is -0.390 e. The van der Waals surface area contributed by atoms with Gasteiger partial charge in [0.2, 0.25) is 6.29 Å². The van der Waals surface area contributed by atoms with Crippen LogP contribution < -0.4 is 0 Å². The van der Waals surface area contributed by atoms with Crippen LogP contribution in [-0.2, 0) is 9.53 Å². The second-order valence-electron chi connectivity index (χ2n) is 2.01. The van der Waals surface area contributed by atoms with Crippen molar-refractivity contribution >= 4 is 5.78 Å². The first kappa shape index (κ1) is 6.67. The molecule has 4 nitrogen and oxygen atoms in total. The molecule has 1 saturated heterocycles. The number of rotatable bonds is 0. The van der Waals surface area contributed by atoms with Crippen molar-refractivity contribution in [2.75, 3.05) is 6.61 Å². The zero-order chi connectivity index (χ0) is 6.85. The lowest BCUT2D eigenvalue weighted by Crippen LogP contribution is -2.37. The van der Waals surface area contributed by atoms with Gasteiger partial charge >= 0.3 is 0 Å². The minimum atomic E-state index is -1.31. The number of carbonyl (C=O) groups is 1. The Morgan fingerprint density at radius 2 is 2.22 bits per heavy atom. The van der Waals surface area contributed by atoms with Crippen LogP contribution in [0.4, 0.5) is 0 Å². The summed E-state index contributed by atoms with van der Waals surface area (Å²) in [5, 5.41) is 17.4. The molecule has 0 bridgehead atoms. The number of carbonyl (C=O) groups excluding carboxylic acids is 1. The highest BCUT2D eigenvalue weighted by Crippen LogP contribution is 2.06. The van der Waals surface area contributed by atoms with E-state index in [1.165, 1.54) is 0 Å². The largest absolute Gasteiger partial charge is 0.390 e. The van der Waals surface area contributed by atoms with Crippen molar-refractivity contribution in [3.8, 4) is 0 Å². The highest BCUT2D eigenvalue weighted by Gasteiger charge is 2.25. The number of aliphatic hydroxyl groups is 2. The van der Waals surface area contributed by atoms with E-state index in [4.69, 9.17) is 10.2 Å². The Labute approximate surface area is 52.1 Å². The van der Waals surface area contributed by atoms with Gasteiger partial charge in [0.1, 0.15) is 0 Å². The van der Waals surface area contributed by atoms with Crippen molar-refractivity contribution in [2.24, 2.45) is 0 Å². The summed E-state index contributed by atoms with van der Waals surface area (Å²) < 4.78 is 4.46. The molecule has 4 heteroatoms. The third kappa shape index (κ3) is 1.48. The van der Waals surface area contributed by atoms with Crippen LogP contribution in [0.2, 0.25) is 0 Å². The van der Waals surface area contributed by atoms with Crippen molar-refractivity contribution in [3.05, 3.63) is 0 Å². The third-order valence-corrected chi connectivity index (χ3v) is 1.16. The normalized spacial score (nSPS) is 36.9. The molecule has 0 spiro atoms. The van der Waals surface area contributed by atoms with Gasteiger partial charge in [0.05, 0.1) is 12.7 Å². The maximum Gasteiger partial charge on any atom is 0.215 e. The van der Waals surface area contributed by atoms with Gasteiger partial charge in [0.15, 0.2) is 5.78 Å². The maximum atomic E-state index is 10.5. The summed E-state index contributed by atoms with van der Waals surface area (Å²) in [6, 6.07) is 0. The summed E-state index contributed by atoms with van der Waals surface area (Å²) in [6.07, 6.45) is -2.05. The third-order valence-electron chi connectivity index (χ3n) is 1.16. The quantitative estimate of drug-likeness (QED) is 0.428. The van der Waals surface area contributed by atoms with Crippen LogP contribution in [0.15, 0.2) is 0 Å². The molecule has 9 heavy (non-hydrogen) atoms. The van der Waals surface area contributed by atoms with Crippen LogP contribution in [-0.4, -0.2) is 35.0 Å². The number of hydrogen-bond donors (Lipinski definition) is 2. The smallest absolute Gasteiger partial charge is 0.215 e. The average Bonchev–Trinajstić information content (AvgIpc) is 1.80. The molecule has 2 N–H and O–H groups in total. The van der Waals surface area contributed by atoms with Crippen LogP contribution in [0.3, 0.4) is 0 Å². The number of hydrogen-bond acceptors (Lipinski definition) is 4. The van der Waals surface area contributed by atoms with Gasteiger partial charge in [-0.1, -0.05) is 0 Å². The molecule has 52 valence electrons. The molecular formula is C5H8O4. The lowest BCUT2D eigenvalue weighted by Gasteiger charge is -2.20. The molecule has 1 rings (SSSR count). The van der Waals surface area contributed by atoms with Gasteiger partial charge in [0.25, 0.3) is 0 Å². The van der Waals surface area contributed by atoms with Crippen LogP contribution in [0, 0.1) is 0 Å². The Hall–Kier alpha value is -0.450. The minimum absolute atomic E-state index is 0.00116. The highest BCUT2D eigenvalue weighted by molar-refractivity contribution is 5.82. The predicted octanol–water partition coefficient (Wildman–Crippen LogP) is -1.34. The van der Waals surface area contributed by atoms with E-state index in [0.29, 0.717) is 0 Å². The summed E-state index contributed by atoms with van der Waals surface area (Å²) in [5.74, 6) is -0.450. The standard InChI is InChI=1S/C5H8O4/c6-3-1-4(7)5(8)9-2-3/h3,5-6,8H,1-2H2. The van der Waals surface area contributed by atoms with Crippen molar-refractivity contribution in [1.82, 2.24) is 0 Å². The fraction of sp³-hybridized carbons (Fsp3) is 0.800. The zero-order valence-electron chi connectivity index (χ0n) is 4.78. The molecule has 2 atom stereocenters. The zero-order valence-corrected chi connectivity index (χ0v) is 4.78. The summed E-state index contributed by atoms with van der Waals surface area (Å²) in [5.41, 5.74) is 0. The van der Waals surface area contributed by atoms with Crippen LogP contribution in [0.25, 0.3) is 0 Å². The second-order valence-corrected chi connectivity index (χ2v) is 2.01. The monoisotopic (exact) mass is 132 g/mol. The SMILES string of the molecule is O=C1CC(O)COC1O. The summed E-state index contributed by atoms with van der Waals surface area (Å²) in [4.78, 5) is 10.5. The molecule has 0 saturated carbocycles. The topological polar surface area (TPSA) is 66.8 Å². The number of aliphatic hydroxyl groups excluding tert-OH is 2. The fourth-order valence-corrected chi connectivity index (χ4v) is 0.687. The first-order valence-electron chi connectivity index (χ1n) is 2.70. The van der Waals surface area contributed by atoms with E-state index in [1.807, 2.05) is 0 Å². The molecule has 0 aromatic carbocycles. The first-order valence-corrected chi connectivity index (χ1v) is 2.70. The van der Waals surface area contributed by atoms with Crippen LogP contribution in [0.1, 0.15) is 6.42 Å². The van der Waals surface area contributed by atoms with Gasteiger partial charge < -0.3 is 14.9 Å². The van der Waals surface area contributed by atoms with Gasteiger partial charge in [-0.15, -0.1) is 0 Å². The molecule has 0 amide bonds. The van der Waals surface area contributed by atoms with Crippen molar-refractivity contribution < 1.29 is 19.7 Å². The Kier molecular flexibility index (Phi) is 1.80. The fourth-order valence-electron chi connectivity index (χ4n) is 0.687. The van der Waals surface area contributed by atoms with E-state index in [9.17, 15) is 4.79 Å². The Morgan fingerprint density at radius 3 is 2.67 bits per heavy atom. The summed E-state index contributed by atoms with van der Waals surface area (Å²) in [6.45, 7) is 0.0485. The molecule has 1 aliphatic heterocycles. The molecule has 0 aromatic rings. The molecule has 1 heterocycles. The van der Waals surface area contributed by atoms with Gasteiger partial charge in [-0.25, -0.2) is 0 Å². The van der Waals surface area contributed by atoms with E-state index >= 15 is 0 Å². The molecular weight excluding hydrogens is 124 g/mol. The maximum absolute atomic E-state index is 10.5.